The van der Waals surface area contributed by atoms with Crippen molar-refractivity contribution >= 4 is 11.0 Å². The maximum absolute atomic E-state index is 13.4. The lowest BCUT2D eigenvalue weighted by atomic mass is 10.0. The molecule has 4 nitrogen and oxygen atoms in total. The van der Waals surface area contributed by atoms with Gasteiger partial charge in [-0.1, -0.05) is 25.5 Å². The van der Waals surface area contributed by atoms with E-state index in [4.69, 9.17) is 9.15 Å². The summed E-state index contributed by atoms with van der Waals surface area (Å²) in [5.41, 5.74) is 3.28. The molecule has 0 aliphatic carbocycles. The molecule has 140 valence electrons. The third-order valence-corrected chi connectivity index (χ3v) is 5.09. The van der Waals surface area contributed by atoms with E-state index in [2.05, 4.69) is 6.92 Å². The van der Waals surface area contributed by atoms with Crippen molar-refractivity contribution in [3.8, 4) is 5.75 Å². The quantitative estimate of drug-likeness (QED) is 0.705. The number of ether oxygens (including phenoxy) is 1. The summed E-state index contributed by atoms with van der Waals surface area (Å²) >= 11 is 0. The van der Waals surface area contributed by atoms with Crippen LogP contribution in [0.25, 0.3) is 11.0 Å². The van der Waals surface area contributed by atoms with Crippen molar-refractivity contribution in [3.63, 3.8) is 0 Å². The Hall–Kier alpha value is -2.66. The summed E-state index contributed by atoms with van der Waals surface area (Å²) in [5.74, 6) is 0.577. The lowest BCUT2D eigenvalue weighted by Crippen LogP contribution is -3.12. The molecule has 0 saturated carbocycles. The second-order valence-corrected chi connectivity index (χ2v) is 7.10. The molecular formula is C22H23FNO3+. The van der Waals surface area contributed by atoms with Gasteiger partial charge in [0.05, 0.1) is 12.1 Å². The average Bonchev–Trinajstić information content (AvgIpc) is 2.66. The van der Waals surface area contributed by atoms with E-state index in [0.29, 0.717) is 12.3 Å². The van der Waals surface area contributed by atoms with Gasteiger partial charge in [-0.3, -0.25) is 4.90 Å². The smallest absolute Gasteiger partial charge is 0.336 e. The number of nitrogens with one attached hydrogen (secondary N) is 1. The van der Waals surface area contributed by atoms with Gasteiger partial charge in [-0.15, -0.1) is 0 Å². The number of fused-ring (bicyclic) bond motifs is 3. The van der Waals surface area contributed by atoms with Crippen molar-refractivity contribution in [2.75, 3.05) is 13.3 Å². The maximum atomic E-state index is 13.4. The molecule has 27 heavy (non-hydrogen) atoms. The van der Waals surface area contributed by atoms with Crippen molar-refractivity contribution in [3.05, 3.63) is 75.4 Å². The number of hydrogen-bond donors (Lipinski definition) is 1. The Morgan fingerprint density at radius 2 is 2.04 bits per heavy atom. The van der Waals surface area contributed by atoms with Crippen LogP contribution in [0, 0.1) is 5.82 Å². The molecule has 1 aliphatic rings. The van der Waals surface area contributed by atoms with Crippen LogP contribution < -0.4 is 15.3 Å². The van der Waals surface area contributed by atoms with Crippen molar-refractivity contribution in [1.82, 2.24) is 0 Å². The minimum Gasteiger partial charge on any atom is -0.445 e. The van der Waals surface area contributed by atoms with Gasteiger partial charge in [0.25, 0.3) is 0 Å². The van der Waals surface area contributed by atoms with Crippen LogP contribution in [0.4, 0.5) is 4.39 Å². The molecule has 1 aliphatic heterocycles. The van der Waals surface area contributed by atoms with E-state index < -0.39 is 0 Å². The van der Waals surface area contributed by atoms with E-state index in [1.165, 1.54) is 11.0 Å². The van der Waals surface area contributed by atoms with Crippen LogP contribution in [-0.4, -0.2) is 13.3 Å². The van der Waals surface area contributed by atoms with Gasteiger partial charge in [0, 0.05) is 17.9 Å². The standard InChI is InChI=1S/C22H22FNO3/c1-2-4-16-12-21(25)27-22-18(16)7-8-20-19(22)13-24(14-26-20)10-9-15-5-3-6-17(23)11-15/h3,5-8,11-12H,2,4,9-10,13-14H2,1H3/p+1. The molecule has 1 unspecified atom stereocenters. The summed E-state index contributed by atoms with van der Waals surface area (Å²) in [7, 11) is 0. The molecule has 0 saturated heterocycles. The fraction of sp³-hybridized carbons (Fsp3) is 0.318. The predicted octanol–water partition coefficient (Wildman–Crippen LogP) is 2.86. The molecule has 0 radical (unpaired) electrons. The van der Waals surface area contributed by atoms with Gasteiger partial charge in [0.15, 0.2) is 5.58 Å². The number of aryl methyl sites for hydroxylation is 1. The lowest BCUT2D eigenvalue weighted by molar-refractivity contribution is -0.932. The maximum Gasteiger partial charge on any atom is 0.336 e. The second-order valence-electron chi connectivity index (χ2n) is 7.10. The van der Waals surface area contributed by atoms with Crippen molar-refractivity contribution in [2.45, 2.75) is 32.7 Å². The fourth-order valence-electron chi connectivity index (χ4n) is 3.76. The lowest BCUT2D eigenvalue weighted by Gasteiger charge is -2.26. The minimum atomic E-state index is -0.314. The molecule has 2 aromatic carbocycles. The molecular weight excluding hydrogens is 345 g/mol. The first kappa shape index (κ1) is 17.7. The first-order valence-corrected chi connectivity index (χ1v) is 9.43. The molecule has 3 aromatic rings. The van der Waals surface area contributed by atoms with Crippen LogP contribution in [0.15, 0.2) is 51.7 Å². The van der Waals surface area contributed by atoms with E-state index in [-0.39, 0.29) is 11.4 Å². The third kappa shape index (κ3) is 3.74. The normalized spacial score (nSPS) is 16.1. The Kier molecular flexibility index (Phi) is 4.94. The summed E-state index contributed by atoms with van der Waals surface area (Å²) in [4.78, 5) is 13.3. The Morgan fingerprint density at radius 3 is 2.85 bits per heavy atom. The van der Waals surface area contributed by atoms with E-state index >= 15 is 0 Å². The number of hydrogen-bond acceptors (Lipinski definition) is 3. The third-order valence-electron chi connectivity index (χ3n) is 5.09. The van der Waals surface area contributed by atoms with E-state index in [1.807, 2.05) is 18.2 Å². The Morgan fingerprint density at radius 1 is 1.15 bits per heavy atom. The molecule has 1 atom stereocenters. The summed E-state index contributed by atoms with van der Waals surface area (Å²) in [5, 5.41) is 0.991. The van der Waals surface area contributed by atoms with Gasteiger partial charge in [-0.2, -0.15) is 0 Å². The van der Waals surface area contributed by atoms with Crippen LogP contribution in [0.3, 0.4) is 0 Å². The monoisotopic (exact) mass is 368 g/mol. The Balaban J connectivity index is 1.61. The minimum absolute atomic E-state index is 0.209. The average molecular weight is 368 g/mol. The van der Waals surface area contributed by atoms with Gasteiger partial charge < -0.3 is 9.15 Å². The highest BCUT2D eigenvalue weighted by Gasteiger charge is 2.24. The van der Waals surface area contributed by atoms with Gasteiger partial charge in [-0.25, -0.2) is 9.18 Å². The molecule has 0 spiro atoms. The van der Waals surface area contributed by atoms with E-state index in [1.54, 1.807) is 18.2 Å². The Bertz CT molecular complexity index is 1030. The van der Waals surface area contributed by atoms with Crippen molar-refractivity contribution in [1.29, 1.82) is 0 Å². The molecule has 2 heterocycles. The molecule has 4 rings (SSSR count). The Labute approximate surface area is 157 Å². The topological polar surface area (TPSA) is 43.9 Å². The van der Waals surface area contributed by atoms with Crippen LogP contribution in [0.5, 0.6) is 5.75 Å². The second kappa shape index (κ2) is 7.53. The van der Waals surface area contributed by atoms with Gasteiger partial charge in [0.1, 0.15) is 18.1 Å². The summed E-state index contributed by atoms with van der Waals surface area (Å²) in [6, 6.07) is 12.3. The van der Waals surface area contributed by atoms with Gasteiger partial charge in [-0.05, 0) is 41.8 Å². The van der Waals surface area contributed by atoms with Crippen LogP contribution in [0.2, 0.25) is 0 Å². The SMILES string of the molecule is CCCc1cc(=O)oc2c3c(ccc12)OC[NH+](CCc1cccc(F)c1)C3. The number of rotatable bonds is 5. The molecule has 0 fully saturated rings. The molecule has 5 heteroatoms. The zero-order valence-corrected chi connectivity index (χ0v) is 15.4. The highest BCUT2D eigenvalue weighted by atomic mass is 19.1. The van der Waals surface area contributed by atoms with Crippen LogP contribution >= 0.6 is 0 Å². The summed E-state index contributed by atoms with van der Waals surface area (Å²) in [6.45, 7) is 4.19. The highest BCUT2D eigenvalue weighted by Crippen LogP contribution is 2.30. The largest absolute Gasteiger partial charge is 0.445 e. The molecule has 1 aromatic heterocycles. The number of quaternary nitrogens is 1. The summed E-state index contributed by atoms with van der Waals surface area (Å²) in [6.07, 6.45) is 2.58. The van der Waals surface area contributed by atoms with E-state index in [0.717, 1.165) is 60.2 Å². The van der Waals surface area contributed by atoms with Crippen LogP contribution in [-0.2, 0) is 19.4 Å². The molecule has 0 bridgehead atoms. The fourth-order valence-corrected chi connectivity index (χ4v) is 3.76. The van der Waals surface area contributed by atoms with Crippen molar-refractivity contribution in [2.24, 2.45) is 0 Å². The van der Waals surface area contributed by atoms with Gasteiger partial charge in [0.2, 0.25) is 6.73 Å². The highest BCUT2D eigenvalue weighted by molar-refractivity contribution is 5.85. The predicted molar refractivity (Wildman–Crippen MR) is 102 cm³/mol. The number of benzene rings is 2. The van der Waals surface area contributed by atoms with Crippen LogP contribution in [0.1, 0.15) is 30.0 Å². The zero-order valence-electron chi connectivity index (χ0n) is 15.4. The first-order chi connectivity index (χ1) is 13.1. The molecule has 0 amide bonds. The number of halogens is 1. The van der Waals surface area contributed by atoms with Crippen molar-refractivity contribution < 1.29 is 18.4 Å². The molecule has 1 N–H and O–H groups in total. The van der Waals surface area contributed by atoms with E-state index in [9.17, 15) is 9.18 Å². The van der Waals surface area contributed by atoms with Gasteiger partial charge >= 0.3 is 5.63 Å². The zero-order chi connectivity index (χ0) is 18.8. The first-order valence-electron chi connectivity index (χ1n) is 9.43. The summed E-state index contributed by atoms with van der Waals surface area (Å²) < 4.78 is 24.9.